The normalized spacial score (nSPS) is 11.3. The SMILES string of the molecule is CCCCCCc1cc(-c2sc(C)cc2CCCCCC)sc1C. The topological polar surface area (TPSA) is 0 Å². The van der Waals surface area contributed by atoms with E-state index in [0.29, 0.717) is 0 Å². The van der Waals surface area contributed by atoms with Crippen molar-refractivity contribution in [2.45, 2.75) is 91.9 Å². The summed E-state index contributed by atoms with van der Waals surface area (Å²) in [6.07, 6.45) is 13.3. The minimum Gasteiger partial charge on any atom is -0.139 e. The molecule has 0 aliphatic heterocycles. The van der Waals surface area contributed by atoms with Crippen molar-refractivity contribution in [1.29, 1.82) is 0 Å². The molecule has 2 aromatic rings. The van der Waals surface area contributed by atoms with E-state index in [1.807, 2.05) is 22.7 Å². The molecule has 0 aliphatic rings. The third-order valence-electron chi connectivity index (χ3n) is 4.78. The highest BCUT2D eigenvalue weighted by atomic mass is 32.1. The van der Waals surface area contributed by atoms with Crippen LogP contribution in [0.3, 0.4) is 0 Å². The molecule has 0 aromatic carbocycles. The van der Waals surface area contributed by atoms with Crippen LogP contribution in [-0.2, 0) is 12.8 Å². The highest BCUT2D eigenvalue weighted by Crippen LogP contribution is 2.39. The van der Waals surface area contributed by atoms with E-state index in [1.54, 1.807) is 16.0 Å². The van der Waals surface area contributed by atoms with E-state index in [9.17, 15) is 0 Å². The Hall–Kier alpha value is -0.600. The zero-order valence-corrected chi connectivity index (χ0v) is 17.7. The van der Waals surface area contributed by atoms with Gasteiger partial charge in [0.25, 0.3) is 0 Å². The van der Waals surface area contributed by atoms with E-state index in [-0.39, 0.29) is 0 Å². The van der Waals surface area contributed by atoms with Crippen LogP contribution in [0.1, 0.15) is 86.1 Å². The van der Waals surface area contributed by atoms with E-state index < -0.39 is 0 Å². The van der Waals surface area contributed by atoms with Crippen LogP contribution in [0.25, 0.3) is 9.75 Å². The van der Waals surface area contributed by atoms with Gasteiger partial charge in [0.05, 0.1) is 0 Å². The summed E-state index contributed by atoms with van der Waals surface area (Å²) >= 11 is 4.01. The number of hydrogen-bond donors (Lipinski definition) is 0. The van der Waals surface area contributed by atoms with Gasteiger partial charge in [-0.2, -0.15) is 0 Å². The van der Waals surface area contributed by atoms with Crippen LogP contribution in [0.2, 0.25) is 0 Å². The number of rotatable bonds is 11. The number of unbranched alkanes of at least 4 members (excludes halogenated alkanes) is 6. The first-order valence-corrected chi connectivity index (χ1v) is 11.5. The van der Waals surface area contributed by atoms with Crippen molar-refractivity contribution >= 4 is 22.7 Å². The maximum absolute atomic E-state index is 2.49. The van der Waals surface area contributed by atoms with Crippen LogP contribution in [0.4, 0.5) is 0 Å². The van der Waals surface area contributed by atoms with Crippen LogP contribution in [0, 0.1) is 13.8 Å². The average Bonchev–Trinajstić information content (AvgIpc) is 3.11. The lowest BCUT2D eigenvalue weighted by Crippen LogP contribution is -1.86. The molecule has 0 N–H and O–H groups in total. The Morgan fingerprint density at radius 3 is 1.96 bits per heavy atom. The summed E-state index contributed by atoms with van der Waals surface area (Å²) < 4.78 is 0. The van der Waals surface area contributed by atoms with E-state index in [0.717, 1.165) is 0 Å². The lowest BCUT2D eigenvalue weighted by Gasteiger charge is -2.02. The lowest BCUT2D eigenvalue weighted by molar-refractivity contribution is 0.666. The molecule has 134 valence electrons. The van der Waals surface area contributed by atoms with Gasteiger partial charge < -0.3 is 0 Å². The van der Waals surface area contributed by atoms with Gasteiger partial charge in [-0.25, -0.2) is 0 Å². The Kier molecular flexibility index (Phi) is 8.55. The molecule has 0 radical (unpaired) electrons. The smallest absolute Gasteiger partial charge is 0.0477 e. The average molecular weight is 363 g/mol. The first-order valence-electron chi connectivity index (χ1n) is 9.84. The van der Waals surface area contributed by atoms with Gasteiger partial charge in [-0.05, 0) is 62.8 Å². The molecule has 24 heavy (non-hydrogen) atoms. The summed E-state index contributed by atoms with van der Waals surface area (Å²) in [5.74, 6) is 0. The molecule has 0 spiro atoms. The van der Waals surface area contributed by atoms with Crippen LogP contribution < -0.4 is 0 Å². The highest BCUT2D eigenvalue weighted by molar-refractivity contribution is 7.22. The van der Waals surface area contributed by atoms with Crippen molar-refractivity contribution in [3.8, 4) is 9.75 Å². The van der Waals surface area contributed by atoms with Gasteiger partial charge in [0.15, 0.2) is 0 Å². The van der Waals surface area contributed by atoms with Gasteiger partial charge in [0, 0.05) is 19.5 Å². The summed E-state index contributed by atoms with van der Waals surface area (Å²) in [5, 5.41) is 0. The fourth-order valence-corrected chi connectivity index (χ4v) is 5.60. The van der Waals surface area contributed by atoms with Crippen molar-refractivity contribution in [3.63, 3.8) is 0 Å². The second-order valence-corrected chi connectivity index (χ2v) is 9.54. The first kappa shape index (κ1) is 19.7. The largest absolute Gasteiger partial charge is 0.139 e. The highest BCUT2D eigenvalue weighted by Gasteiger charge is 2.13. The molecule has 0 saturated heterocycles. The maximum Gasteiger partial charge on any atom is 0.0477 e. The number of hydrogen-bond acceptors (Lipinski definition) is 2. The van der Waals surface area contributed by atoms with Crippen molar-refractivity contribution in [1.82, 2.24) is 0 Å². The lowest BCUT2D eigenvalue weighted by atomic mass is 10.0. The van der Waals surface area contributed by atoms with Gasteiger partial charge in [0.1, 0.15) is 0 Å². The summed E-state index contributed by atoms with van der Waals surface area (Å²) in [5.41, 5.74) is 3.18. The molecular weight excluding hydrogens is 328 g/mol. The Morgan fingerprint density at radius 1 is 0.708 bits per heavy atom. The van der Waals surface area contributed by atoms with Crippen molar-refractivity contribution in [2.75, 3.05) is 0 Å². The molecule has 0 atom stereocenters. The summed E-state index contributed by atoms with van der Waals surface area (Å²) in [6.45, 7) is 9.15. The third-order valence-corrected chi connectivity index (χ3v) is 7.14. The minimum atomic E-state index is 1.25. The van der Waals surface area contributed by atoms with Crippen LogP contribution in [0.5, 0.6) is 0 Å². The Morgan fingerprint density at radius 2 is 1.33 bits per heavy atom. The van der Waals surface area contributed by atoms with E-state index in [2.05, 4.69) is 39.8 Å². The Labute approximate surface area is 157 Å². The number of aryl methyl sites for hydroxylation is 4. The molecule has 2 heterocycles. The van der Waals surface area contributed by atoms with E-state index >= 15 is 0 Å². The van der Waals surface area contributed by atoms with Gasteiger partial charge in [-0.15, -0.1) is 22.7 Å². The van der Waals surface area contributed by atoms with Gasteiger partial charge >= 0.3 is 0 Å². The molecule has 0 aliphatic carbocycles. The van der Waals surface area contributed by atoms with Crippen LogP contribution in [0.15, 0.2) is 12.1 Å². The predicted octanol–water partition coefficient (Wildman–Crippen LogP) is 8.34. The molecule has 0 bridgehead atoms. The van der Waals surface area contributed by atoms with E-state index in [4.69, 9.17) is 0 Å². The second kappa shape index (κ2) is 10.4. The molecule has 0 unspecified atom stereocenters. The molecule has 0 amide bonds. The standard InChI is InChI=1S/C22H34S2/c1-5-7-9-11-13-19-16-21(24-18(19)4)22-20(15-17(3)23-22)14-12-10-8-6-2/h15-16H,5-14H2,1-4H3. The summed E-state index contributed by atoms with van der Waals surface area (Å²) in [6, 6.07) is 4.93. The zero-order chi connectivity index (χ0) is 17.4. The molecule has 0 saturated carbocycles. The quantitative estimate of drug-likeness (QED) is 0.352. The van der Waals surface area contributed by atoms with Crippen molar-refractivity contribution < 1.29 is 0 Å². The van der Waals surface area contributed by atoms with E-state index in [1.165, 1.54) is 78.8 Å². The van der Waals surface area contributed by atoms with Gasteiger partial charge in [-0.3, -0.25) is 0 Å². The molecule has 0 nitrogen and oxygen atoms in total. The molecular formula is C22H34S2. The molecule has 2 aromatic heterocycles. The fourth-order valence-electron chi connectivity index (χ4n) is 3.33. The summed E-state index contributed by atoms with van der Waals surface area (Å²) in [7, 11) is 0. The van der Waals surface area contributed by atoms with Crippen LogP contribution >= 0.6 is 22.7 Å². The fraction of sp³-hybridized carbons (Fsp3) is 0.636. The first-order chi connectivity index (χ1) is 11.7. The maximum atomic E-state index is 2.49. The third kappa shape index (κ3) is 5.74. The molecule has 0 fully saturated rings. The predicted molar refractivity (Wildman–Crippen MR) is 113 cm³/mol. The van der Waals surface area contributed by atoms with Gasteiger partial charge in [0.2, 0.25) is 0 Å². The summed E-state index contributed by atoms with van der Waals surface area (Å²) in [4.78, 5) is 6.06. The second-order valence-electron chi connectivity index (χ2n) is 7.02. The Balaban J connectivity index is 2.05. The van der Waals surface area contributed by atoms with Gasteiger partial charge in [-0.1, -0.05) is 52.4 Å². The minimum absolute atomic E-state index is 1.25. The molecule has 2 heteroatoms. The molecule has 2 rings (SSSR count). The van der Waals surface area contributed by atoms with Crippen molar-refractivity contribution in [2.24, 2.45) is 0 Å². The van der Waals surface area contributed by atoms with Crippen LogP contribution in [-0.4, -0.2) is 0 Å². The zero-order valence-electron chi connectivity index (χ0n) is 16.0. The number of thiophene rings is 2. The monoisotopic (exact) mass is 362 g/mol. The van der Waals surface area contributed by atoms with Crippen molar-refractivity contribution in [3.05, 3.63) is 33.0 Å². The Bertz CT molecular complexity index is 604.